The second-order valence-corrected chi connectivity index (χ2v) is 4.24. The molecule has 1 aromatic rings. The Hall–Kier alpha value is -1.02. The molecule has 0 amide bonds. The summed E-state index contributed by atoms with van der Waals surface area (Å²) in [7, 11) is 0. The van der Waals surface area contributed by atoms with Crippen LogP contribution in [0.25, 0.3) is 0 Å². The van der Waals surface area contributed by atoms with E-state index in [1.807, 2.05) is 0 Å². The summed E-state index contributed by atoms with van der Waals surface area (Å²) in [6.07, 6.45) is 1.06. The largest absolute Gasteiger partial charge is 0.372 e. The monoisotopic (exact) mass is 220 g/mol. The first-order chi connectivity index (χ1) is 7.72. The molecule has 0 bridgehead atoms. The lowest BCUT2D eigenvalue weighted by Crippen LogP contribution is -2.21. The van der Waals surface area contributed by atoms with Gasteiger partial charge in [0, 0.05) is 18.8 Å². The van der Waals surface area contributed by atoms with Crippen LogP contribution < -0.4 is 10.6 Å². The topological polar surface area (TPSA) is 29.3 Å². The predicted molar refractivity (Wildman–Crippen MR) is 72.1 cm³/mol. The van der Waals surface area contributed by atoms with Gasteiger partial charge in [-0.2, -0.15) is 0 Å². The van der Waals surface area contributed by atoms with E-state index in [4.69, 9.17) is 5.73 Å². The van der Waals surface area contributed by atoms with E-state index in [2.05, 4.69) is 49.9 Å². The van der Waals surface area contributed by atoms with Crippen LogP contribution in [0.4, 0.5) is 5.69 Å². The van der Waals surface area contributed by atoms with Gasteiger partial charge < -0.3 is 10.6 Å². The minimum absolute atomic E-state index is 0.566. The molecule has 0 radical (unpaired) electrons. The van der Waals surface area contributed by atoms with Gasteiger partial charge in [0.05, 0.1) is 0 Å². The zero-order valence-electron chi connectivity index (χ0n) is 10.7. The molecule has 0 spiro atoms. The van der Waals surface area contributed by atoms with Crippen molar-refractivity contribution in [1.29, 1.82) is 0 Å². The van der Waals surface area contributed by atoms with Crippen LogP contribution >= 0.6 is 0 Å². The van der Waals surface area contributed by atoms with Gasteiger partial charge in [0.15, 0.2) is 0 Å². The fraction of sp³-hybridized carbons (Fsp3) is 0.571. The van der Waals surface area contributed by atoms with E-state index in [-0.39, 0.29) is 0 Å². The van der Waals surface area contributed by atoms with Crippen LogP contribution in [-0.2, 0) is 0 Å². The average Bonchev–Trinajstić information content (AvgIpc) is 2.32. The first kappa shape index (κ1) is 13.0. The zero-order valence-corrected chi connectivity index (χ0v) is 10.7. The summed E-state index contributed by atoms with van der Waals surface area (Å²) in [5, 5.41) is 0. The Bertz CT molecular complexity index is 288. The molecule has 0 aliphatic carbocycles. The summed E-state index contributed by atoms with van der Waals surface area (Å²) < 4.78 is 0. The van der Waals surface area contributed by atoms with E-state index in [1.165, 1.54) is 11.3 Å². The van der Waals surface area contributed by atoms with Gasteiger partial charge in [0.2, 0.25) is 0 Å². The highest BCUT2D eigenvalue weighted by atomic mass is 15.1. The summed E-state index contributed by atoms with van der Waals surface area (Å²) in [5.41, 5.74) is 8.28. The van der Waals surface area contributed by atoms with Crippen LogP contribution in [0.1, 0.15) is 38.7 Å². The molecule has 16 heavy (non-hydrogen) atoms. The number of nitrogens with two attached hydrogens (primary N) is 1. The highest BCUT2D eigenvalue weighted by Crippen LogP contribution is 2.22. The van der Waals surface area contributed by atoms with E-state index >= 15 is 0 Å². The molecule has 90 valence electrons. The van der Waals surface area contributed by atoms with Crippen LogP contribution in [0.5, 0.6) is 0 Å². The van der Waals surface area contributed by atoms with Crippen LogP contribution in [-0.4, -0.2) is 19.6 Å². The molecule has 2 heteroatoms. The maximum Gasteiger partial charge on any atom is 0.0366 e. The van der Waals surface area contributed by atoms with E-state index in [0.717, 1.165) is 26.1 Å². The molecule has 2 nitrogen and oxygen atoms in total. The second kappa shape index (κ2) is 6.54. The molecule has 0 aliphatic heterocycles. The number of hydrogen-bond donors (Lipinski definition) is 1. The fourth-order valence-corrected chi connectivity index (χ4v) is 2.02. The van der Waals surface area contributed by atoms with E-state index in [9.17, 15) is 0 Å². The molecule has 0 saturated carbocycles. The Kier molecular flexibility index (Phi) is 5.33. The standard InChI is InChI=1S/C14H24N2/c1-4-16(5-2)14-8-6-13(7-9-14)12(3)10-11-15/h6-9,12H,4-5,10-11,15H2,1-3H3. The SMILES string of the molecule is CCN(CC)c1ccc(C(C)CCN)cc1. The molecule has 0 heterocycles. The summed E-state index contributed by atoms with van der Waals surface area (Å²) in [6.45, 7) is 9.50. The van der Waals surface area contributed by atoms with Crippen molar-refractivity contribution in [2.24, 2.45) is 5.73 Å². The maximum atomic E-state index is 5.58. The van der Waals surface area contributed by atoms with Crippen molar-refractivity contribution in [2.75, 3.05) is 24.5 Å². The summed E-state index contributed by atoms with van der Waals surface area (Å²) >= 11 is 0. The molecular weight excluding hydrogens is 196 g/mol. The van der Waals surface area contributed by atoms with Crippen LogP contribution in [0.3, 0.4) is 0 Å². The minimum Gasteiger partial charge on any atom is -0.372 e. The summed E-state index contributed by atoms with van der Waals surface area (Å²) in [6, 6.07) is 8.90. The number of benzene rings is 1. The first-order valence-electron chi connectivity index (χ1n) is 6.27. The summed E-state index contributed by atoms with van der Waals surface area (Å²) in [5.74, 6) is 0.566. The Morgan fingerprint density at radius 2 is 1.69 bits per heavy atom. The zero-order chi connectivity index (χ0) is 12.0. The minimum atomic E-state index is 0.566. The number of hydrogen-bond acceptors (Lipinski definition) is 2. The second-order valence-electron chi connectivity index (χ2n) is 4.24. The van der Waals surface area contributed by atoms with Crippen molar-refractivity contribution in [3.05, 3.63) is 29.8 Å². The molecular formula is C14H24N2. The fourth-order valence-electron chi connectivity index (χ4n) is 2.02. The Labute approximate surface area is 99.5 Å². The lowest BCUT2D eigenvalue weighted by Gasteiger charge is -2.21. The van der Waals surface area contributed by atoms with Crippen molar-refractivity contribution >= 4 is 5.69 Å². The number of rotatable bonds is 6. The third-order valence-electron chi connectivity index (χ3n) is 3.19. The quantitative estimate of drug-likeness (QED) is 0.798. The van der Waals surface area contributed by atoms with Gasteiger partial charge in [0.1, 0.15) is 0 Å². The normalized spacial score (nSPS) is 12.5. The van der Waals surface area contributed by atoms with Crippen molar-refractivity contribution in [3.8, 4) is 0 Å². The highest BCUT2D eigenvalue weighted by molar-refractivity contribution is 5.47. The molecule has 1 atom stereocenters. The maximum absolute atomic E-state index is 5.58. The number of anilines is 1. The highest BCUT2D eigenvalue weighted by Gasteiger charge is 2.05. The van der Waals surface area contributed by atoms with Gasteiger partial charge >= 0.3 is 0 Å². The molecule has 0 aromatic heterocycles. The summed E-state index contributed by atoms with van der Waals surface area (Å²) in [4.78, 5) is 2.36. The average molecular weight is 220 g/mol. The van der Waals surface area contributed by atoms with Gasteiger partial charge in [-0.3, -0.25) is 0 Å². The lowest BCUT2D eigenvalue weighted by atomic mass is 9.97. The molecule has 1 aromatic carbocycles. The number of nitrogens with zero attached hydrogens (tertiary/aromatic N) is 1. The van der Waals surface area contributed by atoms with Gasteiger partial charge in [-0.1, -0.05) is 19.1 Å². The Morgan fingerprint density at radius 1 is 1.12 bits per heavy atom. The third-order valence-corrected chi connectivity index (χ3v) is 3.19. The van der Waals surface area contributed by atoms with Crippen molar-refractivity contribution in [1.82, 2.24) is 0 Å². The van der Waals surface area contributed by atoms with Crippen LogP contribution in [0, 0.1) is 0 Å². The Balaban J connectivity index is 2.74. The van der Waals surface area contributed by atoms with Gasteiger partial charge in [-0.05, 0) is 50.4 Å². The van der Waals surface area contributed by atoms with E-state index < -0.39 is 0 Å². The molecule has 2 N–H and O–H groups in total. The van der Waals surface area contributed by atoms with Gasteiger partial charge in [-0.25, -0.2) is 0 Å². The van der Waals surface area contributed by atoms with Crippen molar-refractivity contribution in [2.45, 2.75) is 33.1 Å². The molecule has 1 unspecified atom stereocenters. The van der Waals surface area contributed by atoms with Crippen molar-refractivity contribution < 1.29 is 0 Å². The van der Waals surface area contributed by atoms with Crippen LogP contribution in [0.2, 0.25) is 0 Å². The molecule has 0 saturated heterocycles. The van der Waals surface area contributed by atoms with Gasteiger partial charge in [-0.15, -0.1) is 0 Å². The molecule has 1 rings (SSSR count). The third kappa shape index (κ3) is 3.24. The smallest absolute Gasteiger partial charge is 0.0366 e. The van der Waals surface area contributed by atoms with Gasteiger partial charge in [0.25, 0.3) is 0 Å². The van der Waals surface area contributed by atoms with Crippen molar-refractivity contribution in [3.63, 3.8) is 0 Å². The lowest BCUT2D eigenvalue weighted by molar-refractivity contribution is 0.690. The Morgan fingerprint density at radius 3 is 2.12 bits per heavy atom. The van der Waals surface area contributed by atoms with E-state index in [1.54, 1.807) is 0 Å². The predicted octanol–water partition coefficient (Wildman–Crippen LogP) is 2.99. The van der Waals surface area contributed by atoms with Crippen LogP contribution in [0.15, 0.2) is 24.3 Å². The molecule has 0 fully saturated rings. The first-order valence-corrected chi connectivity index (χ1v) is 6.27. The van der Waals surface area contributed by atoms with E-state index in [0.29, 0.717) is 5.92 Å². The molecule has 0 aliphatic rings.